The lowest BCUT2D eigenvalue weighted by Crippen LogP contribution is -2.51. The van der Waals surface area contributed by atoms with Gasteiger partial charge >= 0.3 is 0 Å². The minimum Gasteiger partial charge on any atom is -0.355 e. The summed E-state index contributed by atoms with van der Waals surface area (Å²) in [6.45, 7) is 0.857. The normalized spacial score (nSPS) is 42.1. The molecule has 2 nitrogen and oxygen atoms in total. The van der Waals surface area contributed by atoms with Crippen LogP contribution in [0.2, 0.25) is 0 Å². The molecule has 0 aromatic heterocycles. The number of nitrogens with one attached hydrogen (secondary N) is 1. The molecule has 0 radical (unpaired) electrons. The number of halogens is 1. The fraction of sp³-hybridized carbons (Fsp3) is 0.667. The summed E-state index contributed by atoms with van der Waals surface area (Å²) >= 11 is 0. The zero-order chi connectivity index (χ0) is 16.3. The van der Waals surface area contributed by atoms with E-state index in [1.807, 2.05) is 12.1 Å². The highest BCUT2D eigenvalue weighted by molar-refractivity contribution is 5.83. The Labute approximate surface area is 143 Å². The molecule has 0 aliphatic heterocycles. The second-order valence-electron chi connectivity index (χ2n) is 9.11. The maximum absolute atomic E-state index is 13.9. The van der Waals surface area contributed by atoms with Gasteiger partial charge in [0.25, 0.3) is 0 Å². The van der Waals surface area contributed by atoms with Crippen molar-refractivity contribution in [1.82, 2.24) is 5.32 Å². The highest BCUT2D eigenvalue weighted by atomic mass is 19.1. The molecule has 0 saturated heterocycles. The van der Waals surface area contributed by atoms with E-state index in [-0.39, 0.29) is 23.6 Å². The average molecular weight is 327 g/mol. The molecule has 1 aromatic rings. The summed E-state index contributed by atoms with van der Waals surface area (Å²) in [6, 6.07) is 6.90. The molecule has 5 aliphatic rings. The number of amides is 1. The molecule has 2 atom stereocenters. The van der Waals surface area contributed by atoms with Crippen molar-refractivity contribution < 1.29 is 9.18 Å². The first kappa shape index (κ1) is 14.9. The van der Waals surface area contributed by atoms with Crippen molar-refractivity contribution in [3.8, 4) is 0 Å². The van der Waals surface area contributed by atoms with Gasteiger partial charge in [-0.3, -0.25) is 4.79 Å². The largest absolute Gasteiger partial charge is 0.355 e. The molecular formula is C21H26FNO. The van der Waals surface area contributed by atoms with Gasteiger partial charge in [-0.15, -0.1) is 0 Å². The first-order valence-corrected chi connectivity index (χ1v) is 9.64. The Morgan fingerprint density at radius 1 is 1.04 bits per heavy atom. The van der Waals surface area contributed by atoms with Crippen molar-refractivity contribution in [3.63, 3.8) is 0 Å². The van der Waals surface area contributed by atoms with Crippen molar-refractivity contribution in [2.24, 2.45) is 29.1 Å². The smallest absolute Gasteiger partial charge is 0.223 e. The molecule has 0 heterocycles. The topological polar surface area (TPSA) is 29.1 Å². The van der Waals surface area contributed by atoms with Gasteiger partial charge in [-0.2, -0.15) is 0 Å². The van der Waals surface area contributed by atoms with Crippen LogP contribution < -0.4 is 5.32 Å². The minimum atomic E-state index is -0.168. The van der Waals surface area contributed by atoms with Crippen molar-refractivity contribution >= 4 is 5.91 Å². The highest BCUT2D eigenvalue weighted by Gasteiger charge is 2.51. The maximum atomic E-state index is 13.9. The molecule has 5 fully saturated rings. The standard InChI is InChI=1S/C21H26FNO/c22-19-4-2-1-3-16(19)17-8-18(17)20(24)23-12-21-9-13-5-14(10-21)7-15(6-13)11-21/h1-4,13-15,17-18H,5-12H2,(H,23,24). The Hall–Kier alpha value is -1.38. The third-order valence-electron chi connectivity index (χ3n) is 7.23. The molecule has 1 aromatic carbocycles. The SMILES string of the molecule is O=C(NCC12CC3CC(CC(C3)C1)C2)C1CC1c1ccccc1F. The molecule has 4 bridgehead atoms. The van der Waals surface area contributed by atoms with Crippen LogP contribution in [0.15, 0.2) is 24.3 Å². The third-order valence-corrected chi connectivity index (χ3v) is 7.23. The van der Waals surface area contributed by atoms with E-state index >= 15 is 0 Å². The van der Waals surface area contributed by atoms with Crippen molar-refractivity contribution in [3.05, 3.63) is 35.6 Å². The lowest BCUT2D eigenvalue weighted by atomic mass is 9.49. The van der Waals surface area contributed by atoms with Crippen molar-refractivity contribution in [2.45, 2.75) is 50.9 Å². The van der Waals surface area contributed by atoms with Crippen LogP contribution in [0.25, 0.3) is 0 Å². The Bertz CT molecular complexity index is 634. The van der Waals surface area contributed by atoms with Gasteiger partial charge in [-0.1, -0.05) is 18.2 Å². The van der Waals surface area contributed by atoms with Gasteiger partial charge in [0, 0.05) is 12.5 Å². The van der Waals surface area contributed by atoms with Crippen LogP contribution in [0, 0.1) is 34.9 Å². The van der Waals surface area contributed by atoms with E-state index < -0.39 is 0 Å². The molecule has 1 N–H and O–H groups in total. The average Bonchev–Trinajstić information content (AvgIpc) is 3.32. The zero-order valence-corrected chi connectivity index (χ0v) is 14.1. The molecule has 128 valence electrons. The predicted molar refractivity (Wildman–Crippen MR) is 90.9 cm³/mol. The number of carbonyl (C=O) groups is 1. The summed E-state index contributed by atoms with van der Waals surface area (Å²) in [4.78, 5) is 12.6. The molecule has 5 aliphatic carbocycles. The Balaban J connectivity index is 1.21. The molecule has 3 heteroatoms. The highest BCUT2D eigenvalue weighted by Crippen LogP contribution is 2.59. The van der Waals surface area contributed by atoms with E-state index in [0.717, 1.165) is 30.7 Å². The van der Waals surface area contributed by atoms with Gasteiger partial charge in [0.05, 0.1) is 0 Å². The van der Waals surface area contributed by atoms with E-state index in [4.69, 9.17) is 0 Å². The molecular weight excluding hydrogens is 301 g/mol. The van der Waals surface area contributed by atoms with Crippen LogP contribution in [0.3, 0.4) is 0 Å². The number of benzene rings is 1. The monoisotopic (exact) mass is 327 g/mol. The van der Waals surface area contributed by atoms with E-state index in [1.54, 1.807) is 6.07 Å². The molecule has 0 spiro atoms. The van der Waals surface area contributed by atoms with Crippen LogP contribution >= 0.6 is 0 Å². The summed E-state index contributed by atoms with van der Waals surface area (Å²) in [5.41, 5.74) is 1.10. The molecule has 2 unspecified atom stereocenters. The molecule has 6 rings (SSSR count). The Kier molecular flexibility index (Phi) is 3.30. The van der Waals surface area contributed by atoms with Crippen LogP contribution in [0.4, 0.5) is 4.39 Å². The molecule has 1 amide bonds. The van der Waals surface area contributed by atoms with Gasteiger partial charge in [0.2, 0.25) is 5.91 Å². The van der Waals surface area contributed by atoms with Gasteiger partial charge in [0.15, 0.2) is 0 Å². The molecule has 5 saturated carbocycles. The zero-order valence-electron chi connectivity index (χ0n) is 14.1. The first-order valence-electron chi connectivity index (χ1n) is 9.64. The first-order chi connectivity index (χ1) is 11.6. The quantitative estimate of drug-likeness (QED) is 0.879. The van der Waals surface area contributed by atoms with Crippen LogP contribution in [0.5, 0.6) is 0 Å². The van der Waals surface area contributed by atoms with Gasteiger partial charge in [0.1, 0.15) is 5.82 Å². The van der Waals surface area contributed by atoms with Gasteiger partial charge in [-0.25, -0.2) is 4.39 Å². The molecule has 24 heavy (non-hydrogen) atoms. The van der Waals surface area contributed by atoms with Crippen LogP contribution in [-0.4, -0.2) is 12.5 Å². The lowest BCUT2D eigenvalue weighted by molar-refractivity contribution is -0.124. The van der Waals surface area contributed by atoms with Crippen molar-refractivity contribution in [1.29, 1.82) is 0 Å². The summed E-state index contributed by atoms with van der Waals surface area (Å²) < 4.78 is 13.9. The fourth-order valence-corrected chi connectivity index (χ4v) is 6.52. The van der Waals surface area contributed by atoms with E-state index in [2.05, 4.69) is 5.32 Å². The second kappa shape index (κ2) is 5.31. The summed E-state index contributed by atoms with van der Waals surface area (Å²) in [5.74, 6) is 2.80. The Morgan fingerprint density at radius 2 is 1.67 bits per heavy atom. The maximum Gasteiger partial charge on any atom is 0.223 e. The summed E-state index contributed by atoms with van der Waals surface area (Å²) in [6.07, 6.45) is 9.07. The number of hydrogen-bond donors (Lipinski definition) is 1. The van der Waals surface area contributed by atoms with E-state index in [0.29, 0.717) is 11.0 Å². The summed E-state index contributed by atoms with van der Waals surface area (Å²) in [7, 11) is 0. The Morgan fingerprint density at radius 3 is 2.29 bits per heavy atom. The minimum absolute atomic E-state index is 0.0178. The van der Waals surface area contributed by atoms with Crippen LogP contribution in [-0.2, 0) is 4.79 Å². The second-order valence-corrected chi connectivity index (χ2v) is 9.11. The van der Waals surface area contributed by atoms with Gasteiger partial charge < -0.3 is 5.32 Å². The van der Waals surface area contributed by atoms with Gasteiger partial charge in [-0.05, 0) is 85.7 Å². The van der Waals surface area contributed by atoms with E-state index in [9.17, 15) is 9.18 Å². The van der Waals surface area contributed by atoms with E-state index in [1.165, 1.54) is 44.6 Å². The third kappa shape index (κ3) is 2.48. The number of carbonyl (C=O) groups excluding carboxylic acids is 1. The van der Waals surface area contributed by atoms with Crippen molar-refractivity contribution in [2.75, 3.05) is 6.54 Å². The fourth-order valence-electron chi connectivity index (χ4n) is 6.52. The van der Waals surface area contributed by atoms with Crippen LogP contribution in [0.1, 0.15) is 56.4 Å². The lowest BCUT2D eigenvalue weighted by Gasteiger charge is -2.56. The number of rotatable bonds is 4. The predicted octanol–water partition coefficient (Wildman–Crippen LogP) is 4.26. The number of hydrogen-bond acceptors (Lipinski definition) is 1. The summed E-state index contributed by atoms with van der Waals surface area (Å²) in [5, 5.41) is 3.26.